The summed E-state index contributed by atoms with van der Waals surface area (Å²) < 4.78 is 5.72. The molecule has 0 bridgehead atoms. The summed E-state index contributed by atoms with van der Waals surface area (Å²) in [6.07, 6.45) is 0. The van der Waals surface area contributed by atoms with E-state index in [4.69, 9.17) is 4.74 Å². The summed E-state index contributed by atoms with van der Waals surface area (Å²) in [4.78, 5) is 0. The van der Waals surface area contributed by atoms with Crippen molar-refractivity contribution in [3.05, 3.63) is 78.4 Å². The van der Waals surface area contributed by atoms with E-state index >= 15 is 0 Å². The molecule has 3 rings (SSSR count). The van der Waals surface area contributed by atoms with E-state index in [9.17, 15) is 0 Å². The topological polar surface area (TPSA) is 9.23 Å². The summed E-state index contributed by atoms with van der Waals surface area (Å²) in [5.74, 6) is 0.877. The summed E-state index contributed by atoms with van der Waals surface area (Å²) in [6, 6.07) is 25.3. The van der Waals surface area contributed by atoms with Gasteiger partial charge in [0.2, 0.25) is 0 Å². The van der Waals surface area contributed by atoms with Gasteiger partial charge in [0.05, 0.1) is 0 Å². The molecule has 0 saturated carbocycles. The van der Waals surface area contributed by atoms with Gasteiger partial charge in [-0.2, -0.15) is 0 Å². The Kier molecular flexibility index (Phi) is 2.97. The van der Waals surface area contributed by atoms with E-state index in [-0.39, 0.29) is 0 Å². The smallest absolute Gasteiger partial charge is 0.119 e. The van der Waals surface area contributed by atoms with Crippen LogP contribution in [0.1, 0.15) is 5.56 Å². The van der Waals surface area contributed by atoms with Crippen LogP contribution in [-0.4, -0.2) is 0 Å². The summed E-state index contributed by atoms with van der Waals surface area (Å²) in [5, 5.41) is 2.51. The minimum absolute atomic E-state index is 0.592. The Bertz CT molecular complexity index is 644. The average Bonchev–Trinajstić information content (AvgIpc) is 2.46. The minimum atomic E-state index is 0.592. The predicted molar refractivity (Wildman–Crippen MR) is 73.6 cm³/mol. The maximum atomic E-state index is 5.72. The standard InChI is InChI=1S/C17H13O/c1-2-8-17(9-3-1)18-13-14-10-11-15-6-4-5-7-16(15)12-14/h2-12H,13H2. The molecule has 0 spiro atoms. The molecule has 0 unspecified atom stereocenters. The van der Waals surface area contributed by atoms with Gasteiger partial charge in [0.15, 0.2) is 0 Å². The van der Waals surface area contributed by atoms with Crippen LogP contribution in [0.2, 0.25) is 0 Å². The van der Waals surface area contributed by atoms with Crippen LogP contribution in [0.15, 0.2) is 66.7 Å². The fraction of sp³-hybridized carbons (Fsp3) is 0.0588. The summed E-state index contributed by atoms with van der Waals surface area (Å²) in [7, 11) is 0. The molecule has 1 heteroatoms. The molecule has 0 N–H and O–H groups in total. The van der Waals surface area contributed by atoms with Crippen LogP contribution in [0.3, 0.4) is 0 Å². The van der Waals surface area contributed by atoms with Gasteiger partial charge in [0, 0.05) is 0 Å². The largest absolute Gasteiger partial charge is 0.489 e. The van der Waals surface area contributed by atoms with Gasteiger partial charge in [0.1, 0.15) is 12.4 Å². The van der Waals surface area contributed by atoms with Crippen LogP contribution in [0.5, 0.6) is 5.75 Å². The van der Waals surface area contributed by atoms with Crippen molar-refractivity contribution in [2.75, 3.05) is 0 Å². The average molecular weight is 233 g/mol. The van der Waals surface area contributed by atoms with Crippen molar-refractivity contribution in [1.29, 1.82) is 0 Å². The van der Waals surface area contributed by atoms with Gasteiger partial charge in [-0.15, -0.1) is 0 Å². The molecule has 0 fully saturated rings. The zero-order valence-corrected chi connectivity index (χ0v) is 9.97. The Labute approximate surface area is 107 Å². The fourth-order valence-corrected chi connectivity index (χ4v) is 1.96. The highest BCUT2D eigenvalue weighted by atomic mass is 16.5. The molecule has 0 amide bonds. The molecule has 0 aliphatic rings. The molecule has 0 aromatic heterocycles. The Balaban J connectivity index is 1.79. The van der Waals surface area contributed by atoms with Crippen LogP contribution in [0.25, 0.3) is 10.8 Å². The molecule has 18 heavy (non-hydrogen) atoms. The first kappa shape index (κ1) is 10.8. The number of ether oxygens (including phenoxy) is 1. The van der Waals surface area contributed by atoms with Crippen molar-refractivity contribution in [1.82, 2.24) is 0 Å². The molecule has 0 aliphatic heterocycles. The number of hydrogen-bond donors (Lipinski definition) is 0. The van der Waals surface area contributed by atoms with E-state index in [0.29, 0.717) is 6.61 Å². The van der Waals surface area contributed by atoms with Gasteiger partial charge in [-0.05, 0) is 40.6 Å². The van der Waals surface area contributed by atoms with Gasteiger partial charge in [-0.25, -0.2) is 0 Å². The summed E-state index contributed by atoms with van der Waals surface area (Å²) in [5.41, 5.74) is 1.18. The molecule has 0 heterocycles. The van der Waals surface area contributed by atoms with Crippen LogP contribution < -0.4 is 4.74 Å². The molecular formula is C17H13O. The Morgan fingerprint density at radius 3 is 2.44 bits per heavy atom. The Hall–Kier alpha value is -2.28. The molecule has 0 aliphatic carbocycles. The van der Waals surface area contributed by atoms with Crippen molar-refractivity contribution in [3.63, 3.8) is 0 Å². The van der Waals surface area contributed by atoms with Crippen LogP contribution in [0.4, 0.5) is 0 Å². The molecule has 0 saturated heterocycles. The van der Waals surface area contributed by atoms with Gasteiger partial charge in [-0.1, -0.05) is 48.5 Å². The van der Waals surface area contributed by atoms with E-state index in [0.717, 1.165) is 5.75 Å². The first-order valence-corrected chi connectivity index (χ1v) is 5.98. The zero-order chi connectivity index (χ0) is 12.2. The van der Waals surface area contributed by atoms with Crippen molar-refractivity contribution >= 4 is 10.8 Å². The van der Waals surface area contributed by atoms with Gasteiger partial charge in [-0.3, -0.25) is 0 Å². The van der Waals surface area contributed by atoms with Gasteiger partial charge in [0.25, 0.3) is 0 Å². The molecule has 3 aromatic carbocycles. The van der Waals surface area contributed by atoms with Gasteiger partial charge >= 0.3 is 0 Å². The highest BCUT2D eigenvalue weighted by molar-refractivity contribution is 5.82. The lowest BCUT2D eigenvalue weighted by molar-refractivity contribution is 0.306. The number of rotatable bonds is 3. The van der Waals surface area contributed by atoms with Crippen molar-refractivity contribution in [2.24, 2.45) is 0 Å². The van der Waals surface area contributed by atoms with Crippen molar-refractivity contribution in [2.45, 2.75) is 6.61 Å². The maximum Gasteiger partial charge on any atom is 0.119 e. The second-order valence-electron chi connectivity index (χ2n) is 4.21. The number of benzene rings is 3. The first-order chi connectivity index (χ1) is 8.92. The minimum Gasteiger partial charge on any atom is -0.489 e. The van der Waals surface area contributed by atoms with E-state index < -0.39 is 0 Å². The van der Waals surface area contributed by atoms with Crippen molar-refractivity contribution in [3.8, 4) is 5.75 Å². The maximum absolute atomic E-state index is 5.72. The molecule has 1 radical (unpaired) electrons. The van der Waals surface area contributed by atoms with E-state index in [1.807, 2.05) is 24.3 Å². The second-order valence-corrected chi connectivity index (χ2v) is 4.21. The lowest BCUT2D eigenvalue weighted by Crippen LogP contribution is -1.94. The molecule has 1 nitrogen and oxygen atoms in total. The quantitative estimate of drug-likeness (QED) is 0.658. The lowest BCUT2D eigenvalue weighted by Gasteiger charge is -2.07. The van der Waals surface area contributed by atoms with Crippen LogP contribution in [0, 0.1) is 6.07 Å². The second kappa shape index (κ2) is 4.92. The predicted octanol–water partition coefficient (Wildman–Crippen LogP) is 4.22. The summed E-state index contributed by atoms with van der Waals surface area (Å²) in [6.45, 7) is 0.592. The van der Waals surface area contributed by atoms with E-state index in [2.05, 4.69) is 48.5 Å². The Morgan fingerprint density at radius 2 is 1.61 bits per heavy atom. The highest BCUT2D eigenvalue weighted by Crippen LogP contribution is 2.17. The zero-order valence-electron chi connectivity index (χ0n) is 9.97. The van der Waals surface area contributed by atoms with Gasteiger partial charge < -0.3 is 4.74 Å². The third-order valence-corrected chi connectivity index (χ3v) is 2.91. The fourth-order valence-electron chi connectivity index (χ4n) is 1.96. The lowest BCUT2D eigenvalue weighted by atomic mass is 10.1. The summed E-state index contributed by atoms with van der Waals surface area (Å²) >= 11 is 0. The highest BCUT2D eigenvalue weighted by Gasteiger charge is 1.97. The Morgan fingerprint density at radius 1 is 0.833 bits per heavy atom. The third kappa shape index (κ3) is 2.35. The molecule has 3 aromatic rings. The van der Waals surface area contributed by atoms with Crippen molar-refractivity contribution < 1.29 is 4.74 Å². The molecule has 87 valence electrons. The first-order valence-electron chi connectivity index (χ1n) is 5.98. The third-order valence-electron chi connectivity index (χ3n) is 2.91. The molecular weight excluding hydrogens is 220 g/mol. The number of hydrogen-bond acceptors (Lipinski definition) is 1. The van der Waals surface area contributed by atoms with Crippen LogP contribution >= 0.6 is 0 Å². The number of fused-ring (bicyclic) bond motifs is 1. The SMILES string of the molecule is [c]1ccc(OCc2ccc3ccccc3c2)cc1. The molecule has 0 atom stereocenters. The monoisotopic (exact) mass is 233 g/mol. The van der Waals surface area contributed by atoms with Crippen LogP contribution in [-0.2, 0) is 6.61 Å². The van der Waals surface area contributed by atoms with E-state index in [1.165, 1.54) is 16.3 Å². The normalized spacial score (nSPS) is 10.4. The van der Waals surface area contributed by atoms with E-state index in [1.54, 1.807) is 0 Å².